The summed E-state index contributed by atoms with van der Waals surface area (Å²) >= 11 is 0. The quantitative estimate of drug-likeness (QED) is 0.618. The first-order valence-corrected chi connectivity index (χ1v) is 8.82. The number of alkyl halides is 3. The molecule has 0 spiro atoms. The first-order valence-electron chi connectivity index (χ1n) is 8.82. The molecule has 1 aliphatic rings. The molecule has 1 saturated heterocycles. The van der Waals surface area contributed by atoms with E-state index in [1.165, 1.54) is 10.5 Å². The van der Waals surface area contributed by atoms with Crippen molar-refractivity contribution in [1.82, 2.24) is 0 Å². The fourth-order valence-corrected chi connectivity index (χ4v) is 3.43. The van der Waals surface area contributed by atoms with Gasteiger partial charge in [0.15, 0.2) is 0 Å². The van der Waals surface area contributed by atoms with Gasteiger partial charge in [0.25, 0.3) is 5.69 Å². The number of nitrogens with zero attached hydrogens (tertiary/aromatic N) is 1. The number of likely N-dealkylation sites (tertiary alicyclic amines) is 1. The van der Waals surface area contributed by atoms with Gasteiger partial charge in [-0.1, -0.05) is 30.3 Å². The number of quaternary nitrogens is 1. The fourth-order valence-electron chi connectivity index (χ4n) is 3.43. The van der Waals surface area contributed by atoms with E-state index in [0.717, 1.165) is 44.6 Å². The number of halogens is 3. The number of piperidine rings is 1. The van der Waals surface area contributed by atoms with Crippen LogP contribution in [0.3, 0.4) is 0 Å². The minimum Gasteiger partial charge on any atom is -0.376 e. The number of nitro benzene ring substituents is 1. The number of anilines is 1. The molecular formula is C19H21F3N3O2+. The smallest absolute Gasteiger partial charge is 0.376 e. The summed E-state index contributed by atoms with van der Waals surface area (Å²) in [6.45, 7) is 2.73. The van der Waals surface area contributed by atoms with Crippen molar-refractivity contribution < 1.29 is 23.0 Å². The van der Waals surface area contributed by atoms with Gasteiger partial charge in [0, 0.05) is 30.5 Å². The van der Waals surface area contributed by atoms with Crippen LogP contribution in [0.2, 0.25) is 0 Å². The largest absolute Gasteiger partial charge is 0.416 e. The van der Waals surface area contributed by atoms with Crippen LogP contribution in [0.1, 0.15) is 24.0 Å². The number of hydrogen-bond donors (Lipinski definition) is 2. The first-order chi connectivity index (χ1) is 12.8. The van der Waals surface area contributed by atoms with Gasteiger partial charge in [0.2, 0.25) is 0 Å². The van der Waals surface area contributed by atoms with Crippen molar-refractivity contribution in [3.05, 3.63) is 69.8 Å². The van der Waals surface area contributed by atoms with Crippen LogP contribution in [0.5, 0.6) is 0 Å². The average Bonchev–Trinajstić information content (AvgIpc) is 2.63. The van der Waals surface area contributed by atoms with Crippen molar-refractivity contribution in [2.24, 2.45) is 0 Å². The van der Waals surface area contributed by atoms with Crippen molar-refractivity contribution in [3.8, 4) is 0 Å². The Labute approximate surface area is 154 Å². The lowest BCUT2D eigenvalue weighted by Crippen LogP contribution is -3.12. The molecule has 0 amide bonds. The predicted molar refractivity (Wildman–Crippen MR) is 95.6 cm³/mol. The molecule has 1 aliphatic heterocycles. The lowest BCUT2D eigenvalue weighted by atomic mass is 10.0. The molecule has 0 aromatic heterocycles. The molecular weight excluding hydrogens is 359 g/mol. The van der Waals surface area contributed by atoms with Crippen molar-refractivity contribution in [1.29, 1.82) is 0 Å². The van der Waals surface area contributed by atoms with Gasteiger partial charge >= 0.3 is 6.18 Å². The Bertz CT molecular complexity index is 789. The van der Waals surface area contributed by atoms with Gasteiger partial charge in [-0.25, -0.2) is 0 Å². The molecule has 1 heterocycles. The highest BCUT2D eigenvalue weighted by Crippen LogP contribution is 2.35. The van der Waals surface area contributed by atoms with Crippen LogP contribution in [-0.4, -0.2) is 24.1 Å². The standard InChI is InChI=1S/C19H20F3N3O2/c20-19(21,22)15-6-7-17(18(12-15)25(26)27)23-16-8-10-24(11-9-16)13-14-4-2-1-3-5-14/h1-7,12,16,23H,8-11,13H2/p+1. The summed E-state index contributed by atoms with van der Waals surface area (Å²) in [7, 11) is 0. The normalized spacial score (nSPS) is 20.3. The van der Waals surface area contributed by atoms with Crippen molar-refractivity contribution in [2.75, 3.05) is 18.4 Å². The van der Waals surface area contributed by atoms with E-state index < -0.39 is 22.4 Å². The Morgan fingerprint density at radius 3 is 2.37 bits per heavy atom. The topological polar surface area (TPSA) is 59.6 Å². The van der Waals surface area contributed by atoms with E-state index in [9.17, 15) is 23.3 Å². The fraction of sp³-hybridized carbons (Fsp3) is 0.368. The van der Waals surface area contributed by atoms with E-state index in [0.29, 0.717) is 6.07 Å². The van der Waals surface area contributed by atoms with E-state index >= 15 is 0 Å². The van der Waals surface area contributed by atoms with Gasteiger partial charge in [-0.15, -0.1) is 0 Å². The highest BCUT2D eigenvalue weighted by Gasteiger charge is 2.33. The third-order valence-corrected chi connectivity index (χ3v) is 4.87. The van der Waals surface area contributed by atoms with Crippen LogP contribution in [0.15, 0.2) is 48.5 Å². The zero-order valence-electron chi connectivity index (χ0n) is 14.6. The number of nitrogens with one attached hydrogen (secondary N) is 2. The molecule has 2 aromatic rings. The summed E-state index contributed by atoms with van der Waals surface area (Å²) in [4.78, 5) is 11.9. The Hall–Kier alpha value is -2.61. The highest BCUT2D eigenvalue weighted by atomic mass is 19.4. The highest BCUT2D eigenvalue weighted by molar-refractivity contribution is 5.63. The van der Waals surface area contributed by atoms with E-state index in [4.69, 9.17) is 0 Å². The third-order valence-electron chi connectivity index (χ3n) is 4.87. The van der Waals surface area contributed by atoms with Crippen molar-refractivity contribution in [3.63, 3.8) is 0 Å². The molecule has 0 aliphatic carbocycles. The maximum absolute atomic E-state index is 12.8. The van der Waals surface area contributed by atoms with E-state index in [1.807, 2.05) is 18.2 Å². The van der Waals surface area contributed by atoms with Gasteiger partial charge < -0.3 is 10.2 Å². The minimum atomic E-state index is -4.60. The zero-order valence-corrected chi connectivity index (χ0v) is 14.6. The van der Waals surface area contributed by atoms with E-state index in [-0.39, 0.29) is 11.7 Å². The zero-order chi connectivity index (χ0) is 19.4. The monoisotopic (exact) mass is 380 g/mol. The summed E-state index contributed by atoms with van der Waals surface area (Å²) in [5.41, 5.74) is -0.146. The van der Waals surface area contributed by atoms with Crippen LogP contribution >= 0.6 is 0 Å². The van der Waals surface area contributed by atoms with Crippen LogP contribution in [0, 0.1) is 10.1 Å². The maximum Gasteiger partial charge on any atom is 0.416 e. The summed E-state index contributed by atoms with van der Waals surface area (Å²) in [6, 6.07) is 12.8. The summed E-state index contributed by atoms with van der Waals surface area (Å²) in [6.07, 6.45) is -2.99. The number of hydrogen-bond acceptors (Lipinski definition) is 3. The van der Waals surface area contributed by atoms with Gasteiger partial charge in [0.1, 0.15) is 12.2 Å². The Kier molecular flexibility index (Phi) is 5.65. The van der Waals surface area contributed by atoms with Crippen molar-refractivity contribution in [2.45, 2.75) is 31.6 Å². The van der Waals surface area contributed by atoms with Gasteiger partial charge in [-0.2, -0.15) is 13.2 Å². The predicted octanol–water partition coefficient (Wildman–Crippen LogP) is 3.27. The second kappa shape index (κ2) is 7.96. The summed E-state index contributed by atoms with van der Waals surface area (Å²) < 4.78 is 38.4. The lowest BCUT2D eigenvalue weighted by molar-refractivity contribution is -0.918. The molecule has 144 valence electrons. The Morgan fingerprint density at radius 1 is 1.11 bits per heavy atom. The molecule has 1 fully saturated rings. The van der Waals surface area contributed by atoms with Gasteiger partial charge in [0.05, 0.1) is 23.6 Å². The van der Waals surface area contributed by atoms with E-state index in [2.05, 4.69) is 17.4 Å². The first kappa shape index (κ1) is 19.2. The van der Waals surface area contributed by atoms with Crippen LogP contribution in [-0.2, 0) is 12.7 Å². The molecule has 8 heteroatoms. The number of rotatable bonds is 5. The molecule has 0 bridgehead atoms. The third kappa shape index (κ3) is 4.97. The molecule has 0 radical (unpaired) electrons. The molecule has 0 unspecified atom stereocenters. The number of nitro groups is 1. The minimum absolute atomic E-state index is 0.0139. The molecule has 2 N–H and O–H groups in total. The van der Waals surface area contributed by atoms with Gasteiger partial charge in [-0.3, -0.25) is 10.1 Å². The second-order valence-electron chi connectivity index (χ2n) is 6.82. The van der Waals surface area contributed by atoms with Crippen LogP contribution in [0.4, 0.5) is 24.5 Å². The van der Waals surface area contributed by atoms with Crippen molar-refractivity contribution >= 4 is 11.4 Å². The Morgan fingerprint density at radius 2 is 1.78 bits per heavy atom. The Balaban J connectivity index is 1.62. The SMILES string of the molecule is O=[N+]([O-])c1cc(C(F)(F)F)ccc1NC1CC[NH+](Cc2ccccc2)CC1. The molecule has 3 rings (SSSR count). The molecule has 0 saturated carbocycles. The maximum atomic E-state index is 12.8. The number of benzene rings is 2. The van der Waals surface area contributed by atoms with Crippen LogP contribution < -0.4 is 10.2 Å². The van der Waals surface area contributed by atoms with E-state index in [1.54, 1.807) is 0 Å². The summed E-state index contributed by atoms with van der Waals surface area (Å²) in [5.74, 6) is 0. The lowest BCUT2D eigenvalue weighted by Gasteiger charge is -2.30. The average molecular weight is 380 g/mol. The summed E-state index contributed by atoms with van der Waals surface area (Å²) in [5, 5.41) is 14.3. The second-order valence-corrected chi connectivity index (χ2v) is 6.82. The van der Waals surface area contributed by atoms with Gasteiger partial charge in [-0.05, 0) is 12.1 Å². The molecule has 2 aromatic carbocycles. The molecule has 27 heavy (non-hydrogen) atoms. The van der Waals surface area contributed by atoms with Crippen LogP contribution in [0.25, 0.3) is 0 Å². The molecule has 5 nitrogen and oxygen atoms in total. The molecule has 0 atom stereocenters.